The maximum absolute atomic E-state index is 11.3. The first-order chi connectivity index (χ1) is 6.15. The second-order valence-corrected chi connectivity index (χ2v) is 3.84. The highest BCUT2D eigenvalue weighted by molar-refractivity contribution is 5.73. The van der Waals surface area contributed by atoms with E-state index in [-0.39, 0.29) is 11.9 Å². The summed E-state index contributed by atoms with van der Waals surface area (Å²) < 4.78 is 4.89. The van der Waals surface area contributed by atoms with E-state index in [2.05, 4.69) is 6.92 Å². The third-order valence-corrected chi connectivity index (χ3v) is 2.67. The second-order valence-electron chi connectivity index (χ2n) is 3.84. The molecule has 1 aliphatic rings. The molecule has 0 bridgehead atoms. The van der Waals surface area contributed by atoms with E-state index in [0.717, 1.165) is 19.3 Å². The lowest BCUT2D eigenvalue weighted by Crippen LogP contribution is -2.35. The van der Waals surface area contributed by atoms with E-state index in [1.165, 1.54) is 0 Å². The van der Waals surface area contributed by atoms with Gasteiger partial charge in [0.2, 0.25) is 0 Å². The molecule has 0 aromatic carbocycles. The van der Waals surface area contributed by atoms with Crippen LogP contribution in [0.3, 0.4) is 0 Å². The van der Waals surface area contributed by atoms with Crippen LogP contribution >= 0.6 is 0 Å². The molecule has 1 rings (SSSR count). The van der Waals surface area contributed by atoms with Crippen LogP contribution in [0.15, 0.2) is 0 Å². The van der Waals surface area contributed by atoms with Gasteiger partial charge in [-0.3, -0.25) is 4.79 Å². The fourth-order valence-corrected chi connectivity index (χ4v) is 1.88. The van der Waals surface area contributed by atoms with Gasteiger partial charge >= 0.3 is 5.97 Å². The fraction of sp³-hybridized carbons (Fsp3) is 0.900. The number of carbonyl (C=O) groups excluding carboxylic acids is 1. The minimum atomic E-state index is -0.497. The Morgan fingerprint density at radius 1 is 1.54 bits per heavy atom. The molecule has 0 spiro atoms. The SMILES string of the molecule is CCOC(=O)[C@@H]1CC[C@H](C)C[C@@H]1O. The molecule has 0 heterocycles. The van der Waals surface area contributed by atoms with Crippen LogP contribution in [0.1, 0.15) is 33.1 Å². The zero-order chi connectivity index (χ0) is 9.84. The molecule has 0 unspecified atom stereocenters. The highest BCUT2D eigenvalue weighted by Crippen LogP contribution is 2.29. The highest BCUT2D eigenvalue weighted by Gasteiger charge is 2.33. The van der Waals surface area contributed by atoms with Crippen molar-refractivity contribution in [2.45, 2.75) is 39.2 Å². The van der Waals surface area contributed by atoms with Crippen molar-refractivity contribution in [3.8, 4) is 0 Å². The fourth-order valence-electron chi connectivity index (χ4n) is 1.88. The van der Waals surface area contributed by atoms with E-state index in [9.17, 15) is 9.90 Å². The zero-order valence-corrected chi connectivity index (χ0v) is 8.32. The van der Waals surface area contributed by atoms with E-state index in [1.807, 2.05) is 0 Å². The molecule has 3 heteroatoms. The molecule has 1 fully saturated rings. The first-order valence-electron chi connectivity index (χ1n) is 4.99. The second kappa shape index (κ2) is 4.61. The molecule has 0 aliphatic heterocycles. The van der Waals surface area contributed by atoms with Gasteiger partial charge in [-0.05, 0) is 32.1 Å². The molecule has 3 atom stereocenters. The molecular formula is C10H18O3. The van der Waals surface area contributed by atoms with Crippen molar-refractivity contribution in [2.75, 3.05) is 6.61 Å². The van der Waals surface area contributed by atoms with Crippen molar-refractivity contribution in [3.05, 3.63) is 0 Å². The number of carbonyl (C=O) groups is 1. The van der Waals surface area contributed by atoms with Crippen molar-refractivity contribution in [3.63, 3.8) is 0 Å². The molecule has 0 aromatic heterocycles. The molecule has 0 amide bonds. The van der Waals surface area contributed by atoms with E-state index in [0.29, 0.717) is 12.5 Å². The van der Waals surface area contributed by atoms with Gasteiger partial charge < -0.3 is 9.84 Å². The Bertz CT molecular complexity index is 179. The van der Waals surface area contributed by atoms with Crippen molar-refractivity contribution in [1.29, 1.82) is 0 Å². The third kappa shape index (κ3) is 2.69. The maximum atomic E-state index is 11.3. The van der Waals surface area contributed by atoms with E-state index < -0.39 is 6.10 Å². The minimum absolute atomic E-state index is 0.234. The predicted octanol–water partition coefficient (Wildman–Crippen LogP) is 1.35. The van der Waals surface area contributed by atoms with Crippen molar-refractivity contribution >= 4 is 5.97 Å². The summed E-state index contributed by atoms with van der Waals surface area (Å²) >= 11 is 0. The Morgan fingerprint density at radius 2 is 2.23 bits per heavy atom. The average molecular weight is 186 g/mol. The van der Waals surface area contributed by atoms with Crippen LogP contribution in [0.25, 0.3) is 0 Å². The molecular weight excluding hydrogens is 168 g/mol. The van der Waals surface area contributed by atoms with E-state index in [4.69, 9.17) is 4.74 Å². The van der Waals surface area contributed by atoms with E-state index in [1.54, 1.807) is 6.92 Å². The molecule has 0 radical (unpaired) electrons. The Balaban J connectivity index is 2.45. The first kappa shape index (κ1) is 10.5. The van der Waals surface area contributed by atoms with Crippen LogP contribution in [0.5, 0.6) is 0 Å². The van der Waals surface area contributed by atoms with Crippen molar-refractivity contribution < 1.29 is 14.6 Å². The molecule has 1 aliphatic carbocycles. The lowest BCUT2D eigenvalue weighted by atomic mass is 9.81. The summed E-state index contributed by atoms with van der Waals surface area (Å²) in [5.41, 5.74) is 0. The van der Waals surface area contributed by atoms with Crippen molar-refractivity contribution in [1.82, 2.24) is 0 Å². The number of hydrogen-bond acceptors (Lipinski definition) is 3. The normalized spacial score (nSPS) is 34.2. The van der Waals surface area contributed by atoms with Crippen molar-refractivity contribution in [2.24, 2.45) is 11.8 Å². The van der Waals surface area contributed by atoms with Gasteiger partial charge in [-0.25, -0.2) is 0 Å². The molecule has 3 nitrogen and oxygen atoms in total. The summed E-state index contributed by atoms with van der Waals surface area (Å²) in [5.74, 6) is 0.0127. The monoisotopic (exact) mass is 186 g/mol. The molecule has 1 N–H and O–H groups in total. The summed E-state index contributed by atoms with van der Waals surface area (Å²) in [6.07, 6.45) is 2.01. The Morgan fingerprint density at radius 3 is 2.77 bits per heavy atom. The average Bonchev–Trinajstić information content (AvgIpc) is 2.04. The van der Waals surface area contributed by atoms with Gasteiger partial charge in [0.1, 0.15) is 0 Å². The lowest BCUT2D eigenvalue weighted by molar-refractivity contribution is -0.154. The van der Waals surface area contributed by atoms with Crippen LogP contribution in [-0.2, 0) is 9.53 Å². The Hall–Kier alpha value is -0.570. The summed E-state index contributed by atoms with van der Waals surface area (Å²) in [5, 5.41) is 9.64. The summed E-state index contributed by atoms with van der Waals surface area (Å²) in [4.78, 5) is 11.3. The first-order valence-corrected chi connectivity index (χ1v) is 4.99. The summed E-state index contributed by atoms with van der Waals surface area (Å²) in [6.45, 7) is 4.29. The van der Waals surface area contributed by atoms with Gasteiger partial charge in [0.25, 0.3) is 0 Å². The van der Waals surface area contributed by atoms with Gasteiger partial charge in [-0.2, -0.15) is 0 Å². The van der Waals surface area contributed by atoms with Gasteiger partial charge in [-0.1, -0.05) is 6.92 Å². The van der Waals surface area contributed by atoms with Crippen LogP contribution in [0.4, 0.5) is 0 Å². The largest absolute Gasteiger partial charge is 0.466 e. The smallest absolute Gasteiger partial charge is 0.311 e. The molecule has 13 heavy (non-hydrogen) atoms. The third-order valence-electron chi connectivity index (χ3n) is 2.67. The van der Waals surface area contributed by atoms with Crippen LogP contribution in [0.2, 0.25) is 0 Å². The molecule has 1 saturated carbocycles. The highest BCUT2D eigenvalue weighted by atomic mass is 16.5. The minimum Gasteiger partial charge on any atom is -0.466 e. The molecule has 76 valence electrons. The van der Waals surface area contributed by atoms with Gasteiger partial charge in [-0.15, -0.1) is 0 Å². The number of aliphatic hydroxyl groups is 1. The van der Waals surface area contributed by atoms with E-state index >= 15 is 0 Å². The van der Waals surface area contributed by atoms with Gasteiger partial charge in [0.05, 0.1) is 18.6 Å². The summed E-state index contributed by atoms with van der Waals surface area (Å²) in [7, 11) is 0. The molecule has 0 aromatic rings. The molecule has 0 saturated heterocycles. The van der Waals surface area contributed by atoms with Gasteiger partial charge in [0.15, 0.2) is 0 Å². The maximum Gasteiger partial charge on any atom is 0.311 e. The standard InChI is InChI=1S/C10H18O3/c1-3-13-10(12)8-5-4-7(2)6-9(8)11/h7-9,11H,3-6H2,1-2H3/t7-,8+,9-/m0/s1. The number of aliphatic hydroxyl groups excluding tert-OH is 1. The Labute approximate surface area is 79.1 Å². The topological polar surface area (TPSA) is 46.5 Å². The number of esters is 1. The van der Waals surface area contributed by atoms with Gasteiger partial charge in [0, 0.05) is 0 Å². The van der Waals surface area contributed by atoms with Crippen LogP contribution < -0.4 is 0 Å². The predicted molar refractivity (Wildman–Crippen MR) is 49.1 cm³/mol. The number of ether oxygens (including phenoxy) is 1. The Kier molecular flexibility index (Phi) is 3.72. The van der Waals surface area contributed by atoms with Crippen LogP contribution in [-0.4, -0.2) is 23.8 Å². The number of rotatable bonds is 2. The van der Waals surface area contributed by atoms with Crippen LogP contribution in [0, 0.1) is 11.8 Å². The quantitative estimate of drug-likeness (QED) is 0.662. The summed E-state index contributed by atoms with van der Waals surface area (Å²) in [6, 6.07) is 0. The zero-order valence-electron chi connectivity index (χ0n) is 8.32. The number of hydrogen-bond donors (Lipinski definition) is 1. The lowest BCUT2D eigenvalue weighted by Gasteiger charge is -2.29.